The summed E-state index contributed by atoms with van der Waals surface area (Å²) in [5, 5.41) is 0. The number of rotatable bonds is 5. The molecule has 0 amide bonds. The van der Waals surface area contributed by atoms with Gasteiger partial charge in [0.15, 0.2) is 0 Å². The average Bonchev–Trinajstić information content (AvgIpc) is 2.94. The van der Waals surface area contributed by atoms with Crippen LogP contribution in [0.4, 0.5) is 5.95 Å². The quantitative estimate of drug-likeness (QED) is 0.558. The van der Waals surface area contributed by atoms with Gasteiger partial charge in [0.05, 0.1) is 38.8 Å². The van der Waals surface area contributed by atoms with Crippen molar-refractivity contribution in [1.82, 2.24) is 9.97 Å². The Morgan fingerprint density at radius 1 is 1.11 bits per heavy atom. The van der Waals surface area contributed by atoms with E-state index in [1.807, 2.05) is 0 Å². The van der Waals surface area contributed by atoms with Crippen LogP contribution in [-0.4, -0.2) is 31.3 Å². The second kappa shape index (κ2) is 5.49. The van der Waals surface area contributed by atoms with E-state index in [4.69, 9.17) is 20.1 Å². The summed E-state index contributed by atoms with van der Waals surface area (Å²) in [6.45, 7) is 0. The average molecular weight is 264 g/mol. The van der Waals surface area contributed by atoms with Gasteiger partial charge in [0.1, 0.15) is 17.2 Å². The van der Waals surface area contributed by atoms with Gasteiger partial charge >= 0.3 is 0 Å². The van der Waals surface area contributed by atoms with Crippen molar-refractivity contribution in [1.29, 1.82) is 0 Å². The van der Waals surface area contributed by atoms with Crippen molar-refractivity contribution in [2.75, 3.05) is 26.8 Å². The molecule has 0 aliphatic rings. The van der Waals surface area contributed by atoms with E-state index < -0.39 is 0 Å². The van der Waals surface area contributed by atoms with Gasteiger partial charge in [-0.05, 0) is 0 Å². The van der Waals surface area contributed by atoms with Crippen LogP contribution in [-0.2, 0) is 0 Å². The fraction of sp³-hybridized carbons (Fsp3) is 0.250. The van der Waals surface area contributed by atoms with Crippen molar-refractivity contribution >= 4 is 5.95 Å². The molecular weight excluding hydrogens is 248 g/mol. The molecule has 2 rings (SSSR count). The number of nitrogens with one attached hydrogen (secondary N) is 2. The summed E-state index contributed by atoms with van der Waals surface area (Å²) >= 11 is 0. The topological polar surface area (TPSA) is 94.4 Å². The molecule has 2 aromatic rings. The van der Waals surface area contributed by atoms with Crippen LogP contribution in [0.5, 0.6) is 17.2 Å². The van der Waals surface area contributed by atoms with Gasteiger partial charge in [0.25, 0.3) is 0 Å². The summed E-state index contributed by atoms with van der Waals surface area (Å²) < 4.78 is 15.9. The van der Waals surface area contributed by atoms with Crippen LogP contribution in [0.15, 0.2) is 18.3 Å². The van der Waals surface area contributed by atoms with Gasteiger partial charge in [-0.3, -0.25) is 5.43 Å². The molecule has 0 bridgehead atoms. The molecule has 19 heavy (non-hydrogen) atoms. The van der Waals surface area contributed by atoms with Gasteiger partial charge in [-0.15, -0.1) is 0 Å². The maximum atomic E-state index is 5.37. The van der Waals surface area contributed by atoms with Crippen molar-refractivity contribution in [3.63, 3.8) is 0 Å². The highest BCUT2D eigenvalue weighted by molar-refractivity contribution is 5.76. The number of hydrogen-bond donors (Lipinski definition) is 3. The molecule has 0 spiro atoms. The summed E-state index contributed by atoms with van der Waals surface area (Å²) in [7, 11) is 4.74. The Hall–Kier alpha value is -2.41. The second-order valence-electron chi connectivity index (χ2n) is 3.70. The number of aromatic nitrogens is 2. The Labute approximate surface area is 110 Å². The highest BCUT2D eigenvalue weighted by Crippen LogP contribution is 2.41. The van der Waals surface area contributed by atoms with Crippen LogP contribution < -0.4 is 25.5 Å². The first-order valence-electron chi connectivity index (χ1n) is 5.55. The lowest BCUT2D eigenvalue weighted by atomic mass is 10.1. The number of H-pyrrole nitrogens is 1. The lowest BCUT2D eigenvalue weighted by Gasteiger charge is -2.13. The second-order valence-corrected chi connectivity index (χ2v) is 3.70. The van der Waals surface area contributed by atoms with Crippen LogP contribution in [0.25, 0.3) is 11.3 Å². The van der Waals surface area contributed by atoms with Crippen LogP contribution in [0.3, 0.4) is 0 Å². The third-order valence-corrected chi connectivity index (χ3v) is 2.70. The van der Waals surface area contributed by atoms with E-state index in [0.29, 0.717) is 23.2 Å². The molecule has 0 radical (unpaired) electrons. The van der Waals surface area contributed by atoms with Gasteiger partial charge in [0.2, 0.25) is 5.95 Å². The molecule has 4 N–H and O–H groups in total. The molecular formula is C12H16N4O3. The number of anilines is 1. The number of benzene rings is 1. The van der Waals surface area contributed by atoms with E-state index in [1.54, 1.807) is 39.7 Å². The number of hydrazine groups is 1. The van der Waals surface area contributed by atoms with E-state index >= 15 is 0 Å². The molecule has 102 valence electrons. The molecule has 0 aliphatic heterocycles. The smallest absolute Gasteiger partial charge is 0.215 e. The number of hydrogen-bond acceptors (Lipinski definition) is 6. The molecule has 0 aliphatic carbocycles. The van der Waals surface area contributed by atoms with Crippen molar-refractivity contribution in [3.8, 4) is 28.5 Å². The molecule has 0 saturated heterocycles. The minimum absolute atomic E-state index is 0.454. The number of ether oxygens (including phenoxy) is 3. The Morgan fingerprint density at radius 2 is 1.74 bits per heavy atom. The van der Waals surface area contributed by atoms with Crippen LogP contribution in [0.1, 0.15) is 0 Å². The van der Waals surface area contributed by atoms with Gasteiger partial charge in [-0.1, -0.05) is 0 Å². The predicted octanol–water partition coefficient (Wildman–Crippen LogP) is 1.39. The van der Waals surface area contributed by atoms with Crippen LogP contribution in [0, 0.1) is 0 Å². The zero-order valence-corrected chi connectivity index (χ0v) is 11.0. The Morgan fingerprint density at radius 3 is 2.16 bits per heavy atom. The van der Waals surface area contributed by atoms with Gasteiger partial charge in [-0.2, -0.15) is 0 Å². The SMILES string of the molecule is COc1cc(OC)c(-c2cnc(NN)[nH]2)c(OC)c1. The molecule has 1 heterocycles. The monoisotopic (exact) mass is 264 g/mol. The first-order chi connectivity index (χ1) is 9.23. The number of imidazole rings is 1. The largest absolute Gasteiger partial charge is 0.496 e. The van der Waals surface area contributed by atoms with Gasteiger partial charge < -0.3 is 19.2 Å². The molecule has 1 aromatic carbocycles. The summed E-state index contributed by atoms with van der Waals surface area (Å²) in [6, 6.07) is 3.54. The Bertz CT molecular complexity index is 543. The molecule has 7 nitrogen and oxygen atoms in total. The van der Waals surface area contributed by atoms with E-state index in [1.165, 1.54) is 0 Å². The summed E-state index contributed by atoms with van der Waals surface area (Å²) in [5.74, 6) is 7.63. The van der Waals surface area contributed by atoms with E-state index in [0.717, 1.165) is 11.3 Å². The Balaban J connectivity index is 2.59. The van der Waals surface area contributed by atoms with Crippen LogP contribution >= 0.6 is 0 Å². The van der Waals surface area contributed by atoms with Crippen molar-refractivity contribution < 1.29 is 14.2 Å². The molecule has 0 saturated carbocycles. The molecule has 1 aromatic heterocycles. The van der Waals surface area contributed by atoms with Crippen molar-refractivity contribution in [2.24, 2.45) is 5.84 Å². The van der Waals surface area contributed by atoms with E-state index in [2.05, 4.69) is 15.4 Å². The zero-order chi connectivity index (χ0) is 13.8. The third-order valence-electron chi connectivity index (χ3n) is 2.70. The maximum absolute atomic E-state index is 5.37. The first-order valence-corrected chi connectivity index (χ1v) is 5.55. The lowest BCUT2D eigenvalue weighted by molar-refractivity contribution is 0.377. The molecule has 7 heteroatoms. The number of nitrogens with zero attached hydrogens (tertiary/aromatic N) is 1. The van der Waals surface area contributed by atoms with Crippen molar-refractivity contribution in [3.05, 3.63) is 18.3 Å². The highest BCUT2D eigenvalue weighted by atomic mass is 16.5. The minimum Gasteiger partial charge on any atom is -0.496 e. The standard InChI is InChI=1S/C12H16N4O3/c1-17-7-4-9(18-2)11(10(5-7)19-3)8-6-14-12(15-8)16-13/h4-6H,13H2,1-3H3,(H2,14,15,16). The van der Waals surface area contributed by atoms with Crippen molar-refractivity contribution in [2.45, 2.75) is 0 Å². The van der Waals surface area contributed by atoms with Crippen LogP contribution in [0.2, 0.25) is 0 Å². The number of aromatic amines is 1. The summed E-state index contributed by atoms with van der Waals surface area (Å²) in [5.41, 5.74) is 3.92. The number of methoxy groups -OCH3 is 3. The fourth-order valence-corrected chi connectivity index (χ4v) is 1.79. The fourth-order valence-electron chi connectivity index (χ4n) is 1.79. The first kappa shape index (κ1) is 13.0. The number of nitrogens with two attached hydrogens (primary N) is 1. The maximum Gasteiger partial charge on any atom is 0.215 e. The summed E-state index contributed by atoms with van der Waals surface area (Å²) in [6.07, 6.45) is 1.64. The van der Waals surface area contributed by atoms with Gasteiger partial charge in [-0.25, -0.2) is 10.8 Å². The minimum atomic E-state index is 0.454. The lowest BCUT2D eigenvalue weighted by Crippen LogP contribution is -2.07. The Kier molecular flexibility index (Phi) is 3.76. The zero-order valence-electron chi connectivity index (χ0n) is 11.0. The van der Waals surface area contributed by atoms with Gasteiger partial charge in [0, 0.05) is 12.1 Å². The highest BCUT2D eigenvalue weighted by Gasteiger charge is 2.17. The predicted molar refractivity (Wildman–Crippen MR) is 71.5 cm³/mol. The number of nitrogen functional groups attached to an aromatic ring is 1. The summed E-state index contributed by atoms with van der Waals surface area (Å²) in [4.78, 5) is 7.09. The molecule has 0 atom stereocenters. The third kappa shape index (κ3) is 2.41. The molecule has 0 fully saturated rings. The molecule has 0 unspecified atom stereocenters. The van der Waals surface area contributed by atoms with E-state index in [-0.39, 0.29) is 0 Å². The normalized spacial score (nSPS) is 10.1. The van der Waals surface area contributed by atoms with E-state index in [9.17, 15) is 0 Å².